The number of nitrogens with zero attached hydrogens (tertiary/aromatic N) is 3. The summed E-state index contributed by atoms with van der Waals surface area (Å²) in [4.78, 5) is 7.95. The first-order valence-corrected chi connectivity index (χ1v) is 6.82. The lowest BCUT2D eigenvalue weighted by Crippen LogP contribution is -2.13. The van der Waals surface area contributed by atoms with Gasteiger partial charge < -0.3 is 11.2 Å². The van der Waals surface area contributed by atoms with Gasteiger partial charge in [-0.1, -0.05) is 27.7 Å². The van der Waals surface area contributed by atoms with Crippen LogP contribution in [0, 0.1) is 5.82 Å². The highest BCUT2D eigenvalue weighted by Crippen LogP contribution is 1.98. The largest absolute Gasteiger partial charge is 0.323 e. The molecule has 3 N–H and O–H groups in total. The number of hydrogen-bond acceptors (Lipinski definition) is 5. The molecule has 0 bridgehead atoms. The number of hydrazone groups is 1. The normalized spacial score (nSPS) is 10.4. The van der Waals surface area contributed by atoms with E-state index in [-0.39, 0.29) is 0 Å². The average molecular weight is 283 g/mol. The maximum atomic E-state index is 12.6. The molecule has 6 heteroatoms. The summed E-state index contributed by atoms with van der Waals surface area (Å²) < 4.78 is 12.6. The van der Waals surface area contributed by atoms with Crippen molar-refractivity contribution in [2.75, 3.05) is 20.1 Å². The van der Waals surface area contributed by atoms with E-state index in [1.165, 1.54) is 18.3 Å². The summed E-state index contributed by atoms with van der Waals surface area (Å²) in [6.45, 7) is 9.39. The number of nitrogens with one attached hydrogen (secondary N) is 1. The van der Waals surface area contributed by atoms with E-state index >= 15 is 0 Å². The molecule has 0 aliphatic rings. The lowest BCUT2D eigenvalue weighted by Gasteiger charge is -1.98. The number of hydrogen-bond donors (Lipinski definition) is 2. The van der Waals surface area contributed by atoms with Gasteiger partial charge in [-0.2, -0.15) is 5.10 Å². The Bertz CT molecular complexity index is 374. The summed E-state index contributed by atoms with van der Waals surface area (Å²) in [5, 5.41) is 6.50. The molecule has 0 aromatic carbocycles. The van der Waals surface area contributed by atoms with Crippen LogP contribution in [0.3, 0.4) is 0 Å². The number of likely N-dealkylation sites (N-methyl/N-ethyl adjacent to an activating group) is 1. The van der Waals surface area contributed by atoms with E-state index in [1.54, 1.807) is 0 Å². The summed E-state index contributed by atoms with van der Waals surface area (Å²) in [7, 11) is 1.84. The van der Waals surface area contributed by atoms with Crippen molar-refractivity contribution in [1.82, 2.24) is 10.3 Å². The Morgan fingerprint density at radius 2 is 2.00 bits per heavy atom. The zero-order chi connectivity index (χ0) is 15.8. The molecule has 20 heavy (non-hydrogen) atoms. The number of rotatable bonds is 5. The van der Waals surface area contributed by atoms with Gasteiger partial charge >= 0.3 is 0 Å². The summed E-state index contributed by atoms with van der Waals surface area (Å²) in [5.41, 5.74) is 0.924. The summed E-state index contributed by atoms with van der Waals surface area (Å²) in [6, 6.07) is 2.81. The van der Waals surface area contributed by atoms with Crippen molar-refractivity contribution in [2.45, 2.75) is 27.7 Å². The number of aliphatic imine (C=N–C) groups is 1. The third-order valence-electron chi connectivity index (χ3n) is 1.83. The second kappa shape index (κ2) is 15.2. The molecular formula is C14H26FN5. The van der Waals surface area contributed by atoms with E-state index in [0.29, 0.717) is 18.0 Å². The molecule has 0 unspecified atom stereocenters. The Morgan fingerprint density at radius 1 is 1.35 bits per heavy atom. The fraction of sp³-hybridized carbons (Fsp3) is 0.500. The van der Waals surface area contributed by atoms with E-state index in [0.717, 1.165) is 12.7 Å². The standard InChI is InChI=1S/C10H14FN5.2C2H6/c1-13-4-5-14-7-10(16-12)9-3-2-8(11)6-15-9;2*1-2/h2-3,6-7,13H,4-5,12H2,1H3;2*1-2H3/b14-7?,16-10+;;. The van der Waals surface area contributed by atoms with Gasteiger partial charge in [0.25, 0.3) is 0 Å². The molecule has 0 amide bonds. The van der Waals surface area contributed by atoms with E-state index in [1.807, 2.05) is 34.7 Å². The monoisotopic (exact) mass is 283 g/mol. The van der Waals surface area contributed by atoms with E-state index in [4.69, 9.17) is 5.84 Å². The quantitative estimate of drug-likeness (QED) is 0.376. The molecule has 1 rings (SSSR count). The molecule has 0 aliphatic heterocycles. The molecular weight excluding hydrogens is 257 g/mol. The molecule has 1 aromatic rings. The minimum Gasteiger partial charge on any atom is -0.323 e. The predicted molar refractivity (Wildman–Crippen MR) is 84.9 cm³/mol. The molecule has 0 saturated heterocycles. The van der Waals surface area contributed by atoms with Crippen molar-refractivity contribution in [1.29, 1.82) is 0 Å². The summed E-state index contributed by atoms with van der Waals surface area (Å²) >= 11 is 0. The van der Waals surface area contributed by atoms with Crippen LogP contribution in [0.4, 0.5) is 4.39 Å². The van der Waals surface area contributed by atoms with Gasteiger partial charge in [-0.15, -0.1) is 0 Å². The molecule has 114 valence electrons. The Balaban J connectivity index is 0. The van der Waals surface area contributed by atoms with Crippen LogP contribution in [0.15, 0.2) is 28.4 Å². The first-order valence-electron chi connectivity index (χ1n) is 6.82. The third-order valence-corrected chi connectivity index (χ3v) is 1.83. The molecule has 1 heterocycles. The highest BCUT2D eigenvalue weighted by Gasteiger charge is 2.01. The lowest BCUT2D eigenvalue weighted by atomic mass is 10.2. The SMILES string of the molecule is CC.CC.CNCCN=C/C(=N\N)c1ccc(F)cn1. The van der Waals surface area contributed by atoms with Crippen LogP contribution < -0.4 is 11.2 Å². The Morgan fingerprint density at radius 3 is 2.45 bits per heavy atom. The van der Waals surface area contributed by atoms with Crippen LogP contribution in [0.5, 0.6) is 0 Å². The first kappa shape index (κ1) is 20.5. The Kier molecular flexibility index (Phi) is 15.6. The zero-order valence-corrected chi connectivity index (χ0v) is 13.0. The minimum atomic E-state index is -0.396. The lowest BCUT2D eigenvalue weighted by molar-refractivity contribution is 0.621. The number of halogens is 1. The van der Waals surface area contributed by atoms with Gasteiger partial charge in [-0.3, -0.25) is 9.98 Å². The van der Waals surface area contributed by atoms with Gasteiger partial charge in [0.15, 0.2) is 0 Å². The van der Waals surface area contributed by atoms with Crippen molar-refractivity contribution in [3.63, 3.8) is 0 Å². The topological polar surface area (TPSA) is 75.7 Å². The molecule has 0 spiro atoms. The Hall–Kier alpha value is -1.82. The average Bonchev–Trinajstić information content (AvgIpc) is 2.53. The summed E-state index contributed by atoms with van der Waals surface area (Å²) in [6.07, 6.45) is 2.64. The van der Waals surface area contributed by atoms with E-state index < -0.39 is 5.82 Å². The zero-order valence-electron chi connectivity index (χ0n) is 13.0. The summed E-state index contributed by atoms with van der Waals surface area (Å²) in [5.74, 6) is 4.81. The second-order valence-corrected chi connectivity index (χ2v) is 3.01. The van der Waals surface area contributed by atoms with E-state index in [2.05, 4.69) is 20.4 Å². The molecule has 0 radical (unpaired) electrons. The van der Waals surface area contributed by atoms with Gasteiger partial charge in [0.05, 0.1) is 24.7 Å². The number of aromatic nitrogens is 1. The van der Waals surface area contributed by atoms with Gasteiger partial charge in [0.1, 0.15) is 11.5 Å². The minimum absolute atomic E-state index is 0.396. The van der Waals surface area contributed by atoms with Gasteiger partial charge in [-0.25, -0.2) is 4.39 Å². The molecule has 5 nitrogen and oxygen atoms in total. The second-order valence-electron chi connectivity index (χ2n) is 3.01. The fourth-order valence-corrected chi connectivity index (χ4v) is 1.02. The van der Waals surface area contributed by atoms with Gasteiger partial charge in [0, 0.05) is 6.54 Å². The van der Waals surface area contributed by atoms with Crippen LogP contribution in [0.2, 0.25) is 0 Å². The van der Waals surface area contributed by atoms with Crippen molar-refractivity contribution < 1.29 is 4.39 Å². The number of pyridine rings is 1. The Labute approximate surface area is 121 Å². The van der Waals surface area contributed by atoms with Crippen molar-refractivity contribution in [3.05, 3.63) is 29.8 Å². The molecule has 0 saturated carbocycles. The van der Waals surface area contributed by atoms with Gasteiger partial charge in [-0.05, 0) is 19.2 Å². The predicted octanol–water partition coefficient (Wildman–Crippen LogP) is 2.23. The molecule has 0 fully saturated rings. The first-order chi connectivity index (χ1) is 9.77. The van der Waals surface area contributed by atoms with Crippen molar-refractivity contribution >= 4 is 11.9 Å². The van der Waals surface area contributed by atoms with Crippen LogP contribution in [-0.4, -0.2) is 37.0 Å². The highest BCUT2D eigenvalue weighted by molar-refractivity contribution is 6.37. The smallest absolute Gasteiger partial charge is 0.141 e. The maximum Gasteiger partial charge on any atom is 0.141 e. The van der Waals surface area contributed by atoms with Crippen molar-refractivity contribution in [3.8, 4) is 0 Å². The highest BCUT2D eigenvalue weighted by atomic mass is 19.1. The number of nitrogens with two attached hydrogens (primary N) is 1. The van der Waals surface area contributed by atoms with Crippen LogP contribution in [0.25, 0.3) is 0 Å². The third kappa shape index (κ3) is 9.16. The fourth-order valence-electron chi connectivity index (χ4n) is 1.02. The molecule has 1 aromatic heterocycles. The maximum absolute atomic E-state index is 12.6. The molecule has 0 atom stereocenters. The van der Waals surface area contributed by atoms with E-state index in [9.17, 15) is 4.39 Å². The van der Waals surface area contributed by atoms with Crippen LogP contribution >= 0.6 is 0 Å². The van der Waals surface area contributed by atoms with Gasteiger partial charge in [0.2, 0.25) is 0 Å². The van der Waals surface area contributed by atoms with Crippen LogP contribution in [0.1, 0.15) is 33.4 Å². The van der Waals surface area contributed by atoms with Crippen molar-refractivity contribution in [2.24, 2.45) is 15.9 Å². The molecule has 0 aliphatic carbocycles. The van der Waals surface area contributed by atoms with Crippen LogP contribution in [-0.2, 0) is 0 Å².